The molecule has 1 saturated heterocycles. The maximum Gasteiger partial charge on any atom is 0.437 e. The van der Waals surface area contributed by atoms with E-state index in [0.29, 0.717) is 0 Å². The molecule has 1 fully saturated rings. The maximum atomic E-state index is 13.7. The zero-order valence-corrected chi connectivity index (χ0v) is 13.8. The van der Waals surface area contributed by atoms with Gasteiger partial charge in [0.2, 0.25) is 11.5 Å². The Hall–Kier alpha value is -2.59. The SMILES string of the molecule is O=C(c1ccco1)[C@@H]1[C@@H](c2cccc(O)c2)NC(=S)N[C@@]1(O)C(F)(F)F. The van der Waals surface area contributed by atoms with Crippen molar-refractivity contribution in [2.45, 2.75) is 17.9 Å². The lowest BCUT2D eigenvalue weighted by molar-refractivity contribution is -0.285. The third-order valence-corrected chi connectivity index (χ3v) is 4.30. The van der Waals surface area contributed by atoms with Crippen LogP contribution in [0, 0.1) is 5.92 Å². The Morgan fingerprint density at radius 1 is 1.27 bits per heavy atom. The number of nitrogens with one attached hydrogen (secondary N) is 2. The normalized spacial score (nSPS) is 26.1. The number of aliphatic hydroxyl groups is 1. The Kier molecular flexibility index (Phi) is 4.41. The van der Waals surface area contributed by atoms with Gasteiger partial charge in [-0.15, -0.1) is 0 Å². The molecule has 138 valence electrons. The van der Waals surface area contributed by atoms with Crippen molar-refractivity contribution in [3.8, 4) is 5.75 Å². The number of phenols is 1. The van der Waals surface area contributed by atoms with Crippen LogP contribution in [0.1, 0.15) is 22.2 Å². The summed E-state index contributed by atoms with van der Waals surface area (Å²) >= 11 is 4.79. The Balaban J connectivity index is 2.16. The number of thiocarbonyl (C=S) groups is 1. The topological polar surface area (TPSA) is 94.7 Å². The highest BCUT2D eigenvalue weighted by Gasteiger charge is 2.66. The van der Waals surface area contributed by atoms with Crippen LogP contribution >= 0.6 is 12.2 Å². The van der Waals surface area contributed by atoms with E-state index in [1.807, 2.05) is 0 Å². The number of alkyl halides is 3. The first-order valence-corrected chi connectivity index (χ1v) is 7.79. The van der Waals surface area contributed by atoms with E-state index in [2.05, 4.69) is 5.32 Å². The largest absolute Gasteiger partial charge is 0.508 e. The minimum absolute atomic E-state index is 0.140. The van der Waals surface area contributed by atoms with E-state index < -0.39 is 34.8 Å². The Morgan fingerprint density at radius 3 is 2.58 bits per heavy atom. The van der Waals surface area contributed by atoms with E-state index in [1.165, 1.54) is 36.4 Å². The quantitative estimate of drug-likeness (QED) is 0.475. The number of halogens is 3. The summed E-state index contributed by atoms with van der Waals surface area (Å²) in [4.78, 5) is 12.8. The van der Waals surface area contributed by atoms with Gasteiger partial charge < -0.3 is 25.3 Å². The van der Waals surface area contributed by atoms with Gasteiger partial charge in [0.05, 0.1) is 12.3 Å². The number of furan rings is 1. The molecule has 0 amide bonds. The molecule has 2 heterocycles. The summed E-state index contributed by atoms with van der Waals surface area (Å²) in [7, 11) is 0. The van der Waals surface area contributed by atoms with Gasteiger partial charge in [-0.05, 0) is 42.0 Å². The standard InChI is InChI=1S/C16H13F3N2O4S/c17-16(18,19)15(24)11(13(23)10-5-2-6-25-10)12(20-14(26)21-15)8-3-1-4-9(22)7-8/h1-7,11-12,22,24H,(H2,20,21,26)/t11-,12+,15-/m0/s1. The third kappa shape index (κ3) is 3.01. The monoisotopic (exact) mass is 386 g/mol. The number of rotatable bonds is 3. The predicted octanol–water partition coefficient (Wildman–Crippen LogP) is 2.25. The van der Waals surface area contributed by atoms with Gasteiger partial charge in [-0.2, -0.15) is 13.2 Å². The van der Waals surface area contributed by atoms with Crippen molar-refractivity contribution < 1.29 is 32.6 Å². The molecule has 3 atom stereocenters. The predicted molar refractivity (Wildman–Crippen MR) is 87.3 cm³/mol. The summed E-state index contributed by atoms with van der Waals surface area (Å²) in [6, 6.07) is 6.50. The second kappa shape index (κ2) is 6.29. The summed E-state index contributed by atoms with van der Waals surface area (Å²) in [6.45, 7) is 0. The van der Waals surface area contributed by atoms with E-state index in [0.717, 1.165) is 6.26 Å². The van der Waals surface area contributed by atoms with Gasteiger partial charge in [0, 0.05) is 0 Å². The molecule has 2 aromatic rings. The van der Waals surface area contributed by atoms with Crippen LogP contribution in [-0.4, -0.2) is 33.0 Å². The van der Waals surface area contributed by atoms with Gasteiger partial charge >= 0.3 is 6.18 Å². The molecular formula is C16H13F3N2O4S. The van der Waals surface area contributed by atoms with Crippen molar-refractivity contribution in [3.05, 3.63) is 54.0 Å². The minimum Gasteiger partial charge on any atom is -0.508 e. The average molecular weight is 386 g/mol. The molecule has 1 aliphatic heterocycles. The van der Waals surface area contributed by atoms with Gasteiger partial charge in [-0.1, -0.05) is 12.1 Å². The summed E-state index contributed by atoms with van der Waals surface area (Å²) in [5, 5.41) is 23.9. The second-order valence-corrected chi connectivity index (χ2v) is 6.16. The second-order valence-electron chi connectivity index (χ2n) is 5.75. The zero-order chi connectivity index (χ0) is 19.1. The minimum atomic E-state index is -5.22. The summed E-state index contributed by atoms with van der Waals surface area (Å²) in [5.41, 5.74) is -3.49. The lowest BCUT2D eigenvalue weighted by Gasteiger charge is -2.46. The van der Waals surface area contributed by atoms with Crippen molar-refractivity contribution >= 4 is 23.1 Å². The average Bonchev–Trinajstić information content (AvgIpc) is 3.07. The first kappa shape index (κ1) is 18.2. The summed E-state index contributed by atoms with van der Waals surface area (Å²) < 4.78 is 46.0. The molecule has 0 aliphatic carbocycles. The fourth-order valence-corrected chi connectivity index (χ4v) is 3.19. The molecule has 0 unspecified atom stereocenters. The molecule has 0 spiro atoms. The van der Waals surface area contributed by atoms with Crippen LogP contribution < -0.4 is 10.6 Å². The number of hydrogen-bond acceptors (Lipinski definition) is 5. The number of benzene rings is 1. The number of phenolic OH excluding ortho intramolecular Hbond substituents is 1. The van der Waals surface area contributed by atoms with Crippen LogP contribution in [0.15, 0.2) is 47.1 Å². The van der Waals surface area contributed by atoms with E-state index in [4.69, 9.17) is 16.6 Å². The van der Waals surface area contributed by atoms with Crippen molar-refractivity contribution in [1.29, 1.82) is 0 Å². The highest BCUT2D eigenvalue weighted by molar-refractivity contribution is 7.80. The highest BCUT2D eigenvalue weighted by atomic mass is 32.1. The maximum absolute atomic E-state index is 13.7. The number of Topliss-reactive ketones (excluding diaryl/α,β-unsaturated/α-hetero) is 1. The van der Waals surface area contributed by atoms with E-state index in [9.17, 15) is 28.2 Å². The highest BCUT2D eigenvalue weighted by Crippen LogP contribution is 2.44. The van der Waals surface area contributed by atoms with Crippen molar-refractivity contribution in [2.24, 2.45) is 5.92 Å². The van der Waals surface area contributed by atoms with Crippen molar-refractivity contribution in [2.75, 3.05) is 0 Å². The van der Waals surface area contributed by atoms with Crippen LogP contribution in [0.3, 0.4) is 0 Å². The summed E-state index contributed by atoms with van der Waals surface area (Å²) in [6.07, 6.45) is -4.08. The van der Waals surface area contributed by atoms with Gasteiger partial charge in [0.25, 0.3) is 0 Å². The molecule has 1 aliphatic rings. The first-order chi connectivity index (χ1) is 12.1. The van der Waals surface area contributed by atoms with Crippen LogP contribution in [0.5, 0.6) is 5.75 Å². The van der Waals surface area contributed by atoms with Crippen molar-refractivity contribution in [1.82, 2.24) is 10.6 Å². The number of ketones is 1. The van der Waals surface area contributed by atoms with Crippen molar-refractivity contribution in [3.63, 3.8) is 0 Å². The van der Waals surface area contributed by atoms with E-state index in [1.54, 1.807) is 5.32 Å². The Morgan fingerprint density at radius 2 is 2.00 bits per heavy atom. The van der Waals surface area contributed by atoms with Gasteiger partial charge in [-0.3, -0.25) is 4.79 Å². The molecular weight excluding hydrogens is 373 g/mol. The van der Waals surface area contributed by atoms with E-state index >= 15 is 0 Å². The number of hydrogen-bond donors (Lipinski definition) is 4. The summed E-state index contributed by atoms with van der Waals surface area (Å²) in [5.74, 6) is -3.71. The van der Waals surface area contributed by atoms with Crippen LogP contribution in [-0.2, 0) is 0 Å². The third-order valence-electron chi connectivity index (χ3n) is 4.08. The molecule has 3 rings (SSSR count). The van der Waals surface area contributed by atoms with Crippen LogP contribution in [0.2, 0.25) is 0 Å². The fraction of sp³-hybridized carbons (Fsp3) is 0.250. The lowest BCUT2D eigenvalue weighted by Crippen LogP contribution is -2.72. The van der Waals surface area contributed by atoms with Crippen LogP contribution in [0.4, 0.5) is 13.2 Å². The molecule has 1 aromatic heterocycles. The van der Waals surface area contributed by atoms with Gasteiger partial charge in [-0.25, -0.2) is 0 Å². The number of aromatic hydroxyl groups is 1. The number of carbonyl (C=O) groups excluding carboxylic acids is 1. The van der Waals surface area contributed by atoms with Gasteiger partial charge in [0.1, 0.15) is 11.7 Å². The molecule has 4 N–H and O–H groups in total. The lowest BCUT2D eigenvalue weighted by atomic mass is 9.78. The van der Waals surface area contributed by atoms with E-state index in [-0.39, 0.29) is 17.1 Å². The first-order valence-electron chi connectivity index (χ1n) is 7.38. The molecule has 10 heteroatoms. The smallest absolute Gasteiger partial charge is 0.437 e. The number of carbonyl (C=O) groups is 1. The molecule has 0 saturated carbocycles. The van der Waals surface area contributed by atoms with Gasteiger partial charge in [0.15, 0.2) is 10.9 Å². The molecule has 0 bridgehead atoms. The molecule has 26 heavy (non-hydrogen) atoms. The Labute approximate surface area is 150 Å². The Bertz CT molecular complexity index is 840. The van der Waals surface area contributed by atoms with Crippen LogP contribution in [0.25, 0.3) is 0 Å². The molecule has 1 aromatic carbocycles. The zero-order valence-electron chi connectivity index (χ0n) is 12.9. The molecule has 0 radical (unpaired) electrons. The fourth-order valence-electron chi connectivity index (χ4n) is 2.91. The molecule has 6 nitrogen and oxygen atoms in total.